The number of halogens is 1. The van der Waals surface area contributed by atoms with Crippen LogP contribution in [-0.4, -0.2) is 35.8 Å². The summed E-state index contributed by atoms with van der Waals surface area (Å²) in [5.74, 6) is 1.50. The molecule has 0 saturated carbocycles. The standard InChI is InChI=1S/C15H20BrNO2/c1-10(18)12-2-4-17(8-12)9-13-7-14(16)6-11-3-5-19-15(11)13/h6-7,10,12,18H,2-5,8-9H2,1H3. The minimum Gasteiger partial charge on any atom is -0.493 e. The first-order chi connectivity index (χ1) is 9.13. The van der Waals surface area contributed by atoms with Crippen molar-refractivity contribution in [1.82, 2.24) is 4.90 Å². The van der Waals surface area contributed by atoms with E-state index in [0.29, 0.717) is 5.92 Å². The molecule has 19 heavy (non-hydrogen) atoms. The summed E-state index contributed by atoms with van der Waals surface area (Å²) in [6.45, 7) is 5.67. The summed E-state index contributed by atoms with van der Waals surface area (Å²) in [6, 6.07) is 4.33. The summed E-state index contributed by atoms with van der Waals surface area (Å²) in [5.41, 5.74) is 2.59. The molecule has 2 unspecified atom stereocenters. The quantitative estimate of drug-likeness (QED) is 0.927. The van der Waals surface area contributed by atoms with Gasteiger partial charge in [-0.2, -0.15) is 0 Å². The number of rotatable bonds is 3. The zero-order valence-electron chi connectivity index (χ0n) is 11.2. The van der Waals surface area contributed by atoms with Crippen molar-refractivity contribution in [3.8, 4) is 5.75 Å². The van der Waals surface area contributed by atoms with Crippen LogP contribution in [0.2, 0.25) is 0 Å². The molecule has 1 saturated heterocycles. The predicted molar refractivity (Wildman–Crippen MR) is 78.4 cm³/mol. The van der Waals surface area contributed by atoms with Gasteiger partial charge in [0.15, 0.2) is 0 Å². The first-order valence-corrected chi connectivity index (χ1v) is 7.77. The van der Waals surface area contributed by atoms with E-state index >= 15 is 0 Å². The van der Waals surface area contributed by atoms with E-state index in [-0.39, 0.29) is 6.10 Å². The molecular weight excluding hydrogens is 306 g/mol. The molecule has 0 aliphatic carbocycles. The molecule has 0 amide bonds. The lowest BCUT2D eigenvalue weighted by atomic mass is 10.0. The fourth-order valence-corrected chi connectivity index (χ4v) is 3.66. The highest BCUT2D eigenvalue weighted by molar-refractivity contribution is 9.10. The van der Waals surface area contributed by atoms with Crippen molar-refractivity contribution in [2.45, 2.75) is 32.4 Å². The van der Waals surface area contributed by atoms with E-state index in [2.05, 4.69) is 33.0 Å². The van der Waals surface area contributed by atoms with Gasteiger partial charge in [-0.25, -0.2) is 0 Å². The Morgan fingerprint density at radius 3 is 3.11 bits per heavy atom. The highest BCUT2D eigenvalue weighted by atomic mass is 79.9. The Kier molecular flexibility index (Phi) is 3.83. The molecule has 3 nitrogen and oxygen atoms in total. The van der Waals surface area contributed by atoms with E-state index < -0.39 is 0 Å². The lowest BCUT2D eigenvalue weighted by molar-refractivity contribution is 0.127. The third kappa shape index (κ3) is 2.81. The van der Waals surface area contributed by atoms with Crippen molar-refractivity contribution in [3.63, 3.8) is 0 Å². The summed E-state index contributed by atoms with van der Waals surface area (Å²) in [6.07, 6.45) is 1.90. The Hall–Kier alpha value is -0.580. The van der Waals surface area contributed by atoms with Crippen molar-refractivity contribution < 1.29 is 9.84 Å². The topological polar surface area (TPSA) is 32.7 Å². The number of hydrogen-bond donors (Lipinski definition) is 1. The van der Waals surface area contributed by atoms with Crippen molar-refractivity contribution >= 4 is 15.9 Å². The first-order valence-electron chi connectivity index (χ1n) is 6.98. The second-order valence-corrected chi connectivity index (χ2v) is 6.59. The van der Waals surface area contributed by atoms with E-state index in [1.807, 2.05) is 6.92 Å². The normalized spacial score (nSPS) is 24.3. The molecule has 1 aromatic carbocycles. The van der Waals surface area contributed by atoms with Crippen LogP contribution in [-0.2, 0) is 13.0 Å². The van der Waals surface area contributed by atoms with E-state index in [0.717, 1.165) is 49.3 Å². The summed E-state index contributed by atoms with van der Waals surface area (Å²) < 4.78 is 6.91. The van der Waals surface area contributed by atoms with E-state index in [4.69, 9.17) is 4.74 Å². The van der Waals surface area contributed by atoms with Crippen molar-refractivity contribution in [1.29, 1.82) is 0 Å². The van der Waals surface area contributed by atoms with Crippen molar-refractivity contribution in [2.75, 3.05) is 19.7 Å². The maximum Gasteiger partial charge on any atom is 0.127 e. The van der Waals surface area contributed by atoms with Gasteiger partial charge in [0, 0.05) is 29.5 Å². The Labute approximate surface area is 122 Å². The number of hydrogen-bond acceptors (Lipinski definition) is 3. The van der Waals surface area contributed by atoms with Crippen LogP contribution in [0.1, 0.15) is 24.5 Å². The summed E-state index contributed by atoms with van der Waals surface area (Å²) in [7, 11) is 0. The summed E-state index contributed by atoms with van der Waals surface area (Å²) in [4.78, 5) is 2.42. The van der Waals surface area contributed by atoms with Gasteiger partial charge in [0.25, 0.3) is 0 Å². The average Bonchev–Trinajstić information content (AvgIpc) is 2.96. The molecule has 0 aromatic heterocycles. The lowest BCUT2D eigenvalue weighted by Gasteiger charge is -2.19. The van der Waals surface area contributed by atoms with Crippen molar-refractivity contribution in [3.05, 3.63) is 27.7 Å². The Balaban J connectivity index is 1.74. The van der Waals surface area contributed by atoms with Crippen LogP contribution in [0.25, 0.3) is 0 Å². The zero-order chi connectivity index (χ0) is 13.4. The summed E-state index contributed by atoms with van der Waals surface area (Å²) >= 11 is 3.59. The van der Waals surface area contributed by atoms with Gasteiger partial charge >= 0.3 is 0 Å². The number of aliphatic hydroxyl groups is 1. The van der Waals surface area contributed by atoms with Gasteiger partial charge in [-0.3, -0.25) is 4.90 Å². The highest BCUT2D eigenvalue weighted by Crippen LogP contribution is 2.34. The van der Waals surface area contributed by atoms with Gasteiger partial charge in [0.05, 0.1) is 12.7 Å². The Morgan fingerprint density at radius 1 is 1.53 bits per heavy atom. The molecule has 2 heterocycles. The number of ether oxygens (including phenoxy) is 1. The third-order valence-electron chi connectivity index (χ3n) is 4.21. The average molecular weight is 326 g/mol. The maximum absolute atomic E-state index is 9.68. The van der Waals surface area contributed by atoms with E-state index in [9.17, 15) is 5.11 Å². The molecule has 0 radical (unpaired) electrons. The SMILES string of the molecule is CC(O)C1CCN(Cc2cc(Br)cc3c2OCC3)C1. The Morgan fingerprint density at radius 2 is 2.37 bits per heavy atom. The van der Waals surface area contributed by atoms with Crippen LogP contribution in [0.3, 0.4) is 0 Å². The third-order valence-corrected chi connectivity index (χ3v) is 4.67. The maximum atomic E-state index is 9.68. The molecule has 1 N–H and O–H groups in total. The van der Waals surface area contributed by atoms with Crippen LogP contribution < -0.4 is 4.74 Å². The first kappa shape index (κ1) is 13.4. The van der Waals surface area contributed by atoms with Gasteiger partial charge < -0.3 is 9.84 Å². The predicted octanol–water partition coefficient (Wildman–Crippen LogP) is 2.59. The smallest absolute Gasteiger partial charge is 0.127 e. The fraction of sp³-hybridized carbons (Fsp3) is 0.600. The number of likely N-dealkylation sites (tertiary alicyclic amines) is 1. The summed E-state index contributed by atoms with van der Waals surface area (Å²) in [5, 5.41) is 9.68. The second kappa shape index (κ2) is 5.43. The van der Waals surface area contributed by atoms with Crippen molar-refractivity contribution in [2.24, 2.45) is 5.92 Å². The van der Waals surface area contributed by atoms with Gasteiger partial charge in [-0.1, -0.05) is 15.9 Å². The minimum atomic E-state index is -0.200. The number of fused-ring (bicyclic) bond motifs is 1. The molecule has 4 heteroatoms. The molecule has 0 spiro atoms. The fourth-order valence-electron chi connectivity index (χ4n) is 3.10. The largest absolute Gasteiger partial charge is 0.493 e. The number of nitrogens with zero attached hydrogens (tertiary/aromatic N) is 1. The lowest BCUT2D eigenvalue weighted by Crippen LogP contribution is -2.24. The monoisotopic (exact) mass is 325 g/mol. The molecule has 3 rings (SSSR count). The van der Waals surface area contributed by atoms with Gasteiger partial charge in [0.1, 0.15) is 5.75 Å². The number of benzene rings is 1. The molecule has 2 atom stereocenters. The molecule has 2 aliphatic heterocycles. The highest BCUT2D eigenvalue weighted by Gasteiger charge is 2.27. The van der Waals surface area contributed by atoms with Gasteiger partial charge in [-0.05, 0) is 43.5 Å². The van der Waals surface area contributed by atoms with Gasteiger partial charge in [-0.15, -0.1) is 0 Å². The zero-order valence-corrected chi connectivity index (χ0v) is 12.8. The van der Waals surface area contributed by atoms with Crippen LogP contribution in [0.4, 0.5) is 0 Å². The molecular formula is C15H20BrNO2. The van der Waals surface area contributed by atoms with Crippen LogP contribution >= 0.6 is 15.9 Å². The molecule has 1 fully saturated rings. The van der Waals surface area contributed by atoms with Crippen LogP contribution in [0, 0.1) is 5.92 Å². The van der Waals surface area contributed by atoms with E-state index in [1.165, 1.54) is 11.1 Å². The molecule has 1 aromatic rings. The van der Waals surface area contributed by atoms with E-state index in [1.54, 1.807) is 0 Å². The van der Waals surface area contributed by atoms with Gasteiger partial charge in [0.2, 0.25) is 0 Å². The minimum absolute atomic E-state index is 0.200. The second-order valence-electron chi connectivity index (χ2n) is 5.68. The molecule has 0 bridgehead atoms. The number of aliphatic hydroxyl groups excluding tert-OH is 1. The van der Waals surface area contributed by atoms with Crippen LogP contribution in [0.5, 0.6) is 5.75 Å². The van der Waals surface area contributed by atoms with Crippen LogP contribution in [0.15, 0.2) is 16.6 Å². The Bertz CT molecular complexity index is 475. The molecule has 104 valence electrons. The molecule has 2 aliphatic rings.